The summed E-state index contributed by atoms with van der Waals surface area (Å²) in [6.07, 6.45) is 3.93. The second-order valence-corrected chi connectivity index (χ2v) is 8.11. The highest BCUT2D eigenvalue weighted by Crippen LogP contribution is 2.30. The van der Waals surface area contributed by atoms with E-state index >= 15 is 0 Å². The Morgan fingerprint density at radius 3 is 3.08 bits per heavy atom. The molecule has 0 aliphatic carbocycles. The molecule has 1 saturated heterocycles. The van der Waals surface area contributed by atoms with Crippen molar-refractivity contribution in [3.05, 3.63) is 53.4 Å². The van der Waals surface area contributed by atoms with Crippen molar-refractivity contribution < 1.29 is 14.1 Å². The van der Waals surface area contributed by atoms with Crippen molar-refractivity contribution in [1.29, 1.82) is 0 Å². The van der Waals surface area contributed by atoms with Crippen LogP contribution in [0.1, 0.15) is 42.5 Å². The zero-order valence-corrected chi connectivity index (χ0v) is 15.7. The molecule has 1 amide bonds. The first kappa shape index (κ1) is 17.2. The molecule has 1 aliphatic rings. The molecule has 3 heterocycles. The number of rotatable bonds is 5. The van der Waals surface area contributed by atoms with Gasteiger partial charge in [0.1, 0.15) is 10.8 Å². The maximum atomic E-state index is 12.4. The Hall–Kier alpha value is -2.18. The number of hydrogen-bond acceptors (Lipinski definition) is 4. The number of nitrogens with zero attached hydrogens (tertiary/aromatic N) is 1. The van der Waals surface area contributed by atoms with Crippen molar-refractivity contribution >= 4 is 27.5 Å². The molecule has 6 heteroatoms. The minimum atomic E-state index is -0.0956. The van der Waals surface area contributed by atoms with E-state index < -0.39 is 0 Å². The second-order valence-electron chi connectivity index (χ2n) is 7.04. The van der Waals surface area contributed by atoms with E-state index in [1.807, 2.05) is 25.1 Å². The van der Waals surface area contributed by atoms with Gasteiger partial charge in [-0.3, -0.25) is 4.79 Å². The van der Waals surface area contributed by atoms with Gasteiger partial charge in [0.2, 0.25) is 0 Å². The van der Waals surface area contributed by atoms with Crippen LogP contribution in [0, 0.1) is 0 Å². The summed E-state index contributed by atoms with van der Waals surface area (Å²) in [6.45, 7) is 4.48. The van der Waals surface area contributed by atoms with E-state index in [2.05, 4.69) is 23.5 Å². The van der Waals surface area contributed by atoms with E-state index in [0.29, 0.717) is 12.5 Å². The Morgan fingerprint density at radius 1 is 1.38 bits per heavy atom. The zero-order chi connectivity index (χ0) is 17.9. The molecule has 2 aromatic heterocycles. The minimum absolute atomic E-state index is 0.0776. The fourth-order valence-electron chi connectivity index (χ4n) is 3.72. The predicted octanol–water partition coefficient (Wildman–Crippen LogP) is 2.53. The van der Waals surface area contributed by atoms with E-state index in [4.69, 9.17) is 9.40 Å². The predicted molar refractivity (Wildman–Crippen MR) is 102 cm³/mol. The van der Waals surface area contributed by atoms with Gasteiger partial charge >= 0.3 is 0 Å². The zero-order valence-electron chi connectivity index (χ0n) is 14.9. The van der Waals surface area contributed by atoms with E-state index in [1.165, 1.54) is 14.6 Å². The summed E-state index contributed by atoms with van der Waals surface area (Å²) in [6, 6.07) is 11.9. The van der Waals surface area contributed by atoms with Gasteiger partial charge in [-0.15, -0.1) is 11.3 Å². The van der Waals surface area contributed by atoms with E-state index in [1.54, 1.807) is 17.6 Å². The van der Waals surface area contributed by atoms with Crippen LogP contribution in [0.25, 0.3) is 10.2 Å². The molecule has 5 nitrogen and oxygen atoms in total. The van der Waals surface area contributed by atoms with Gasteiger partial charge in [-0.05, 0) is 44.0 Å². The number of carbonyl (C=O) groups excluding carboxylic acids is 1. The topological polar surface area (TPSA) is 59.6 Å². The molecular weight excluding hydrogens is 346 g/mol. The largest absolute Gasteiger partial charge is 0.467 e. The molecule has 1 aliphatic heterocycles. The molecular formula is C20H24N3O2S+. The molecule has 0 saturated carbocycles. The lowest BCUT2D eigenvalue weighted by atomic mass is 9.99. The molecule has 3 aromatic rings. The molecule has 2 N–H and O–H groups in total. The fourth-order valence-corrected chi connectivity index (χ4v) is 4.82. The van der Waals surface area contributed by atoms with Crippen LogP contribution < -0.4 is 10.2 Å². The molecule has 1 aromatic carbocycles. The van der Waals surface area contributed by atoms with Crippen molar-refractivity contribution in [2.75, 3.05) is 19.6 Å². The summed E-state index contributed by atoms with van der Waals surface area (Å²) in [5.74, 6) is 1.32. The van der Waals surface area contributed by atoms with Crippen LogP contribution in [-0.2, 0) is 4.79 Å². The second kappa shape index (κ2) is 7.60. The molecule has 1 fully saturated rings. The van der Waals surface area contributed by atoms with Gasteiger partial charge < -0.3 is 14.6 Å². The van der Waals surface area contributed by atoms with E-state index in [-0.39, 0.29) is 11.9 Å². The van der Waals surface area contributed by atoms with Crippen LogP contribution in [-0.4, -0.2) is 30.5 Å². The standard InChI is InChI=1S/C20H23N3O2S/c1-14(17-8-5-11-25-17)21-19(24)13-23-10-4-6-15(12-23)20-22-16-7-2-3-9-18(16)26-20/h2-3,5,7-9,11,14-15H,4,6,10,12-13H2,1H3,(H,21,24)/p+1/t14-,15+/m1/s1. The van der Waals surface area contributed by atoms with Gasteiger partial charge in [0, 0.05) is 0 Å². The quantitative estimate of drug-likeness (QED) is 0.726. The van der Waals surface area contributed by atoms with Gasteiger partial charge in [0.25, 0.3) is 5.91 Å². The number of fused-ring (bicyclic) bond motifs is 1. The number of para-hydroxylation sites is 1. The smallest absolute Gasteiger partial charge is 0.275 e. The first-order valence-corrected chi connectivity index (χ1v) is 10.0. The number of likely N-dealkylation sites (tertiary alicyclic amines) is 1. The number of benzene rings is 1. The lowest BCUT2D eigenvalue weighted by Crippen LogP contribution is -3.14. The summed E-state index contributed by atoms with van der Waals surface area (Å²) in [5.41, 5.74) is 1.09. The highest BCUT2D eigenvalue weighted by molar-refractivity contribution is 7.18. The van der Waals surface area contributed by atoms with Crippen LogP contribution in [0.2, 0.25) is 0 Å². The Balaban J connectivity index is 1.36. The number of furan rings is 1. The van der Waals surface area contributed by atoms with E-state index in [9.17, 15) is 4.79 Å². The fraction of sp³-hybridized carbons (Fsp3) is 0.400. The van der Waals surface area contributed by atoms with Crippen molar-refractivity contribution in [2.24, 2.45) is 0 Å². The number of hydrogen-bond donors (Lipinski definition) is 2. The molecule has 1 unspecified atom stereocenters. The Bertz CT molecular complexity index is 841. The summed E-state index contributed by atoms with van der Waals surface area (Å²) >= 11 is 1.80. The highest BCUT2D eigenvalue weighted by Gasteiger charge is 2.28. The van der Waals surface area contributed by atoms with Crippen LogP contribution in [0.5, 0.6) is 0 Å². The average molecular weight is 370 g/mol. The number of amides is 1. The molecule has 26 heavy (non-hydrogen) atoms. The monoisotopic (exact) mass is 370 g/mol. The number of piperidine rings is 1. The minimum Gasteiger partial charge on any atom is -0.467 e. The summed E-state index contributed by atoms with van der Waals surface area (Å²) in [7, 11) is 0. The summed E-state index contributed by atoms with van der Waals surface area (Å²) in [4.78, 5) is 18.6. The van der Waals surface area contributed by atoms with Gasteiger partial charge in [0.15, 0.2) is 6.54 Å². The lowest BCUT2D eigenvalue weighted by molar-refractivity contribution is -0.898. The van der Waals surface area contributed by atoms with Crippen molar-refractivity contribution in [3.8, 4) is 0 Å². The first-order valence-electron chi connectivity index (χ1n) is 9.21. The Kier molecular flexibility index (Phi) is 5.04. The third kappa shape index (κ3) is 3.81. The van der Waals surface area contributed by atoms with Gasteiger partial charge in [-0.1, -0.05) is 12.1 Å². The van der Waals surface area contributed by atoms with Crippen LogP contribution in [0.4, 0.5) is 0 Å². The summed E-state index contributed by atoms with van der Waals surface area (Å²) < 4.78 is 6.61. The maximum Gasteiger partial charge on any atom is 0.275 e. The first-order chi connectivity index (χ1) is 12.7. The SMILES string of the molecule is C[C@@H](NC(=O)C[NH+]1CCC[C@H](c2nc3ccccc3s2)C1)c1ccco1. The number of quaternary nitrogens is 1. The van der Waals surface area contributed by atoms with Crippen molar-refractivity contribution in [2.45, 2.75) is 31.7 Å². The molecule has 136 valence electrons. The Morgan fingerprint density at radius 2 is 2.27 bits per heavy atom. The van der Waals surface area contributed by atoms with Gasteiger partial charge in [-0.25, -0.2) is 4.98 Å². The normalized spacial score (nSPS) is 21.6. The molecule has 0 radical (unpaired) electrons. The lowest BCUT2D eigenvalue weighted by Gasteiger charge is -2.28. The molecule has 0 spiro atoms. The van der Waals surface area contributed by atoms with Crippen molar-refractivity contribution in [3.63, 3.8) is 0 Å². The molecule has 4 rings (SSSR count). The van der Waals surface area contributed by atoms with Gasteiger partial charge in [-0.2, -0.15) is 0 Å². The van der Waals surface area contributed by atoms with Crippen molar-refractivity contribution in [1.82, 2.24) is 10.3 Å². The Labute approximate surface area is 157 Å². The number of aromatic nitrogens is 1. The summed E-state index contributed by atoms with van der Waals surface area (Å²) in [5, 5.41) is 4.25. The van der Waals surface area contributed by atoms with Gasteiger partial charge in [0.05, 0.1) is 41.5 Å². The third-order valence-electron chi connectivity index (χ3n) is 5.04. The van der Waals surface area contributed by atoms with Crippen LogP contribution in [0.15, 0.2) is 47.1 Å². The number of thiazole rings is 1. The van der Waals surface area contributed by atoms with Crippen LogP contribution in [0.3, 0.4) is 0 Å². The average Bonchev–Trinajstić information content (AvgIpc) is 3.31. The number of nitrogens with one attached hydrogen (secondary N) is 2. The molecule has 0 bridgehead atoms. The number of carbonyl (C=O) groups is 1. The highest BCUT2D eigenvalue weighted by atomic mass is 32.1. The molecule has 3 atom stereocenters. The van der Waals surface area contributed by atoms with Crippen LogP contribution >= 0.6 is 11.3 Å². The third-order valence-corrected chi connectivity index (χ3v) is 6.23. The maximum absolute atomic E-state index is 12.4. The van der Waals surface area contributed by atoms with E-state index in [0.717, 1.165) is 37.2 Å².